The quantitative estimate of drug-likeness (QED) is 0.358. The Morgan fingerprint density at radius 3 is 1.50 bits per heavy atom. The van der Waals surface area contributed by atoms with Crippen molar-refractivity contribution in [3.05, 3.63) is 0 Å². The van der Waals surface area contributed by atoms with E-state index in [0.29, 0.717) is 0 Å². The predicted octanol–water partition coefficient (Wildman–Crippen LogP) is 1.10. The minimum absolute atomic E-state index is 1.08. The summed E-state index contributed by atoms with van der Waals surface area (Å²) in [5.74, 6) is 1.08. The fourth-order valence-electron chi connectivity index (χ4n) is 0. The lowest BCUT2D eigenvalue weighted by Gasteiger charge is -1.99. The van der Waals surface area contributed by atoms with Gasteiger partial charge in [-0.15, -0.1) is 0 Å². The van der Waals surface area contributed by atoms with Crippen LogP contribution in [0.3, 0.4) is 0 Å². The van der Waals surface area contributed by atoms with E-state index in [1.807, 2.05) is 19.6 Å². The van der Waals surface area contributed by atoms with Gasteiger partial charge in [0.1, 0.15) is 8.07 Å². The van der Waals surface area contributed by atoms with E-state index in [1.165, 1.54) is 0 Å². The maximum absolute atomic E-state index is 9.89. The molecule has 0 aliphatic rings. The van der Waals surface area contributed by atoms with Crippen LogP contribution in [0.2, 0.25) is 19.6 Å². The summed E-state index contributed by atoms with van der Waals surface area (Å²) in [6.07, 6.45) is 0. The van der Waals surface area contributed by atoms with Crippen molar-refractivity contribution < 1.29 is 4.79 Å². The van der Waals surface area contributed by atoms with E-state index in [0.717, 1.165) is 5.91 Å². The first-order valence-electron chi connectivity index (χ1n) is 2.02. The second kappa shape index (κ2) is 1.56. The topological polar surface area (TPSA) is 17.1 Å². The molecule has 6 heavy (non-hydrogen) atoms. The standard InChI is InChI=1S/C4H10OSi/c1-6(2,3)4-5/h4H,1-3H3. The van der Waals surface area contributed by atoms with E-state index in [4.69, 9.17) is 0 Å². The average molecular weight is 102 g/mol. The number of carbonyl (C=O) groups excluding carboxylic acids is 1. The van der Waals surface area contributed by atoms with E-state index >= 15 is 0 Å². The molecule has 0 aromatic carbocycles. The molecule has 0 aromatic rings. The molecular formula is C4H10OSi. The van der Waals surface area contributed by atoms with Crippen LogP contribution >= 0.6 is 0 Å². The first-order valence-corrected chi connectivity index (χ1v) is 5.60. The Morgan fingerprint density at radius 1 is 1.33 bits per heavy atom. The molecule has 0 rings (SSSR count). The number of hydrogen-bond donors (Lipinski definition) is 0. The summed E-state index contributed by atoms with van der Waals surface area (Å²) in [5.41, 5.74) is 0. The van der Waals surface area contributed by atoms with Gasteiger partial charge < -0.3 is 4.79 Å². The van der Waals surface area contributed by atoms with Gasteiger partial charge in [0.2, 0.25) is 0 Å². The number of carbonyl (C=O) groups is 1. The molecule has 0 fully saturated rings. The molecule has 0 N–H and O–H groups in total. The zero-order valence-electron chi connectivity index (χ0n) is 4.49. The molecule has 1 nitrogen and oxygen atoms in total. The second-order valence-corrected chi connectivity index (χ2v) is 7.45. The lowest BCUT2D eigenvalue weighted by atomic mass is 11.7. The Bertz CT molecular complexity index is 53.1. The molecule has 0 unspecified atom stereocenters. The van der Waals surface area contributed by atoms with Crippen LogP contribution in [0, 0.1) is 0 Å². The molecule has 0 atom stereocenters. The predicted molar refractivity (Wildman–Crippen MR) is 30.1 cm³/mol. The molecule has 0 aliphatic heterocycles. The van der Waals surface area contributed by atoms with E-state index in [1.54, 1.807) is 0 Å². The summed E-state index contributed by atoms with van der Waals surface area (Å²) in [6, 6.07) is 0. The van der Waals surface area contributed by atoms with Crippen molar-refractivity contribution in [1.82, 2.24) is 0 Å². The normalized spacial score (nSPS) is 11.2. The van der Waals surface area contributed by atoms with Crippen LogP contribution < -0.4 is 0 Å². The number of rotatable bonds is 1. The third kappa shape index (κ3) is 3.89. The molecular weight excluding hydrogens is 92.1 g/mol. The molecule has 36 valence electrons. The Hall–Kier alpha value is -0.113. The lowest BCUT2D eigenvalue weighted by Crippen LogP contribution is -2.21. The average Bonchev–Trinajstić information content (AvgIpc) is 1.35. The Balaban J connectivity index is 3.45. The molecule has 0 saturated carbocycles. The lowest BCUT2D eigenvalue weighted by molar-refractivity contribution is 0.567. The van der Waals surface area contributed by atoms with Crippen LogP contribution in [0.15, 0.2) is 0 Å². The molecule has 2 heteroatoms. The Kier molecular flexibility index (Phi) is 1.53. The highest BCUT2D eigenvalue weighted by Crippen LogP contribution is 1.91. The van der Waals surface area contributed by atoms with Gasteiger partial charge in [-0.1, -0.05) is 19.6 Å². The van der Waals surface area contributed by atoms with Gasteiger partial charge in [0, 0.05) is 0 Å². The SMILES string of the molecule is C[Si](C)(C)C=O. The minimum Gasteiger partial charge on any atom is -0.309 e. The Labute approximate surface area is 39.4 Å². The molecule has 0 saturated heterocycles. The zero-order chi connectivity index (χ0) is 5.21. The highest BCUT2D eigenvalue weighted by atomic mass is 28.3. The third-order valence-corrected chi connectivity index (χ3v) is 1.06. The van der Waals surface area contributed by atoms with Gasteiger partial charge in [-0.2, -0.15) is 0 Å². The molecule has 0 aliphatic carbocycles. The van der Waals surface area contributed by atoms with Crippen molar-refractivity contribution >= 4 is 14.0 Å². The van der Waals surface area contributed by atoms with Crippen LogP contribution in [-0.4, -0.2) is 14.0 Å². The summed E-state index contributed by atoms with van der Waals surface area (Å²) >= 11 is 0. The van der Waals surface area contributed by atoms with Crippen molar-refractivity contribution in [2.24, 2.45) is 0 Å². The monoisotopic (exact) mass is 102 g/mol. The van der Waals surface area contributed by atoms with Gasteiger partial charge in [0.15, 0.2) is 0 Å². The summed E-state index contributed by atoms with van der Waals surface area (Å²) in [6.45, 7) is 6.04. The molecule has 0 bridgehead atoms. The van der Waals surface area contributed by atoms with Crippen molar-refractivity contribution in [1.29, 1.82) is 0 Å². The minimum atomic E-state index is -1.31. The molecule has 0 aromatic heterocycles. The largest absolute Gasteiger partial charge is 0.309 e. The number of hydrogen-bond acceptors (Lipinski definition) is 1. The zero-order valence-corrected chi connectivity index (χ0v) is 5.49. The van der Waals surface area contributed by atoms with Crippen LogP contribution in [0.1, 0.15) is 0 Å². The molecule has 0 spiro atoms. The van der Waals surface area contributed by atoms with E-state index in [-0.39, 0.29) is 0 Å². The van der Waals surface area contributed by atoms with Crippen molar-refractivity contribution in [3.8, 4) is 0 Å². The molecule has 0 heterocycles. The van der Waals surface area contributed by atoms with Crippen molar-refractivity contribution in [2.45, 2.75) is 19.6 Å². The van der Waals surface area contributed by atoms with Crippen molar-refractivity contribution in [3.63, 3.8) is 0 Å². The van der Waals surface area contributed by atoms with Gasteiger partial charge in [-0.3, -0.25) is 0 Å². The van der Waals surface area contributed by atoms with E-state index in [9.17, 15) is 4.79 Å². The van der Waals surface area contributed by atoms with Gasteiger partial charge in [0.25, 0.3) is 0 Å². The van der Waals surface area contributed by atoms with E-state index in [2.05, 4.69) is 0 Å². The first-order chi connectivity index (χ1) is 2.56. The third-order valence-electron chi connectivity index (χ3n) is 0.354. The molecule has 0 amide bonds. The first kappa shape index (κ1) is 5.89. The van der Waals surface area contributed by atoms with Crippen LogP contribution in [-0.2, 0) is 4.79 Å². The maximum atomic E-state index is 9.89. The highest BCUT2D eigenvalue weighted by Gasteiger charge is 2.08. The van der Waals surface area contributed by atoms with E-state index < -0.39 is 8.07 Å². The maximum Gasteiger partial charge on any atom is 0.119 e. The summed E-state index contributed by atoms with van der Waals surface area (Å²) in [5, 5.41) is 0. The smallest absolute Gasteiger partial charge is 0.119 e. The van der Waals surface area contributed by atoms with Gasteiger partial charge >= 0.3 is 0 Å². The van der Waals surface area contributed by atoms with Gasteiger partial charge in [-0.25, -0.2) is 0 Å². The highest BCUT2D eigenvalue weighted by molar-refractivity contribution is 6.98. The van der Waals surface area contributed by atoms with Crippen LogP contribution in [0.4, 0.5) is 0 Å². The second-order valence-electron chi connectivity index (χ2n) is 2.48. The van der Waals surface area contributed by atoms with Crippen LogP contribution in [0.25, 0.3) is 0 Å². The summed E-state index contributed by atoms with van der Waals surface area (Å²) < 4.78 is 0. The fourth-order valence-corrected chi connectivity index (χ4v) is 0. The molecule has 0 radical (unpaired) electrons. The summed E-state index contributed by atoms with van der Waals surface area (Å²) in [4.78, 5) is 9.89. The summed E-state index contributed by atoms with van der Waals surface area (Å²) in [7, 11) is -1.31. The fraction of sp³-hybridized carbons (Fsp3) is 0.750. The van der Waals surface area contributed by atoms with Gasteiger partial charge in [-0.05, 0) is 0 Å². The van der Waals surface area contributed by atoms with Crippen molar-refractivity contribution in [2.75, 3.05) is 0 Å². The van der Waals surface area contributed by atoms with Crippen LogP contribution in [0.5, 0.6) is 0 Å². The Morgan fingerprint density at radius 2 is 1.50 bits per heavy atom. The van der Waals surface area contributed by atoms with Gasteiger partial charge in [0.05, 0.1) is 5.91 Å².